The number of anilines is 4. The largest absolute Gasteiger partial charge is 0.416 e. The number of halogens is 3. The highest BCUT2D eigenvalue weighted by atomic mass is 32.1. The molecule has 190 valence electrons. The zero-order chi connectivity index (χ0) is 26.7. The number of ketones is 1. The molecule has 0 saturated heterocycles. The summed E-state index contributed by atoms with van der Waals surface area (Å²) < 4.78 is 39.9. The van der Waals surface area contributed by atoms with Crippen LogP contribution in [0.5, 0.6) is 0 Å². The van der Waals surface area contributed by atoms with Crippen LogP contribution < -0.4 is 10.6 Å². The molecule has 0 aliphatic carbocycles. The molecule has 0 unspecified atom stereocenters. The fourth-order valence-corrected chi connectivity index (χ4v) is 4.41. The first-order valence-corrected chi connectivity index (χ1v) is 12.4. The van der Waals surface area contributed by atoms with Gasteiger partial charge in [0.1, 0.15) is 11.6 Å². The Morgan fingerprint density at radius 3 is 2.42 bits per heavy atom. The Morgan fingerprint density at radius 2 is 1.71 bits per heavy atom. The predicted octanol–water partition coefficient (Wildman–Crippen LogP) is 7.98. The summed E-state index contributed by atoms with van der Waals surface area (Å²) in [6.07, 6.45) is -1.21. The number of aromatic nitrogens is 3. The number of benzene rings is 2. The van der Waals surface area contributed by atoms with Gasteiger partial charge in [0.15, 0.2) is 5.78 Å². The van der Waals surface area contributed by atoms with E-state index in [2.05, 4.69) is 25.6 Å². The number of hydrogen-bond acceptors (Lipinski definition) is 7. The topological polar surface area (TPSA) is 79.8 Å². The molecule has 0 bridgehead atoms. The number of carbonyl (C=O) groups excluding carboxylic acids is 1. The molecule has 10 heteroatoms. The van der Waals surface area contributed by atoms with Crippen molar-refractivity contribution in [2.75, 3.05) is 10.6 Å². The maximum absolute atomic E-state index is 13.3. The summed E-state index contributed by atoms with van der Waals surface area (Å²) in [4.78, 5) is 25.3. The third-order valence-electron chi connectivity index (χ3n) is 5.68. The fraction of sp³-hybridized carbons (Fsp3) is 0.0714. The molecule has 0 aliphatic heterocycles. The van der Waals surface area contributed by atoms with Crippen LogP contribution in [0.3, 0.4) is 0 Å². The molecule has 0 aliphatic rings. The number of thiophene rings is 1. The van der Waals surface area contributed by atoms with E-state index in [9.17, 15) is 18.0 Å². The van der Waals surface area contributed by atoms with Crippen molar-refractivity contribution in [2.24, 2.45) is 0 Å². The van der Waals surface area contributed by atoms with Gasteiger partial charge in [0, 0.05) is 34.8 Å². The molecule has 5 aromatic rings. The van der Waals surface area contributed by atoms with Crippen LogP contribution in [0.25, 0.3) is 22.3 Å². The summed E-state index contributed by atoms with van der Waals surface area (Å²) in [5.41, 5.74) is 3.08. The SMILES string of the molecule is CC(=O)c1cccc(-c2cnc(Nc3ccc(-c4ccsc4)cn3)nc2Nc2cccc(C(F)(F)F)c2)c1. The molecule has 0 radical (unpaired) electrons. The molecule has 0 saturated carbocycles. The first kappa shape index (κ1) is 25.1. The average Bonchev–Trinajstić information content (AvgIpc) is 3.44. The van der Waals surface area contributed by atoms with E-state index < -0.39 is 11.7 Å². The van der Waals surface area contributed by atoms with Gasteiger partial charge in [-0.1, -0.05) is 24.3 Å². The molecule has 6 nitrogen and oxygen atoms in total. The van der Waals surface area contributed by atoms with Gasteiger partial charge in [-0.3, -0.25) is 4.79 Å². The summed E-state index contributed by atoms with van der Waals surface area (Å²) in [5.74, 6) is 0.842. The monoisotopic (exact) mass is 531 g/mol. The van der Waals surface area contributed by atoms with E-state index in [0.29, 0.717) is 22.5 Å². The summed E-state index contributed by atoms with van der Waals surface area (Å²) in [6, 6.07) is 17.4. The van der Waals surface area contributed by atoms with Gasteiger partial charge >= 0.3 is 6.18 Å². The quantitative estimate of drug-likeness (QED) is 0.207. The van der Waals surface area contributed by atoms with Crippen LogP contribution in [0.2, 0.25) is 0 Å². The molecule has 0 amide bonds. The molecule has 0 atom stereocenters. The number of hydrogen-bond donors (Lipinski definition) is 2. The minimum atomic E-state index is -4.49. The Balaban J connectivity index is 1.50. The lowest BCUT2D eigenvalue weighted by Gasteiger charge is -2.15. The van der Waals surface area contributed by atoms with E-state index in [4.69, 9.17) is 0 Å². The number of alkyl halides is 3. The zero-order valence-corrected chi connectivity index (χ0v) is 20.8. The van der Waals surface area contributed by atoms with Crippen LogP contribution in [0.15, 0.2) is 89.9 Å². The zero-order valence-electron chi connectivity index (χ0n) is 20.0. The van der Waals surface area contributed by atoms with Crippen LogP contribution >= 0.6 is 11.3 Å². The minimum absolute atomic E-state index is 0.115. The Labute approximate surface area is 220 Å². The van der Waals surface area contributed by atoms with E-state index in [-0.39, 0.29) is 23.2 Å². The summed E-state index contributed by atoms with van der Waals surface area (Å²) in [7, 11) is 0. The third-order valence-corrected chi connectivity index (χ3v) is 6.36. The van der Waals surface area contributed by atoms with Crippen molar-refractivity contribution in [2.45, 2.75) is 13.1 Å². The lowest BCUT2D eigenvalue weighted by molar-refractivity contribution is -0.137. The summed E-state index contributed by atoms with van der Waals surface area (Å²) >= 11 is 1.60. The van der Waals surface area contributed by atoms with Crippen LogP contribution in [-0.2, 0) is 6.18 Å². The normalized spacial score (nSPS) is 11.3. The van der Waals surface area contributed by atoms with E-state index in [1.54, 1.807) is 54.1 Å². The average molecular weight is 532 g/mol. The minimum Gasteiger partial charge on any atom is -0.340 e. The molecule has 0 fully saturated rings. The Kier molecular flexibility index (Phi) is 6.89. The number of nitrogens with zero attached hydrogens (tertiary/aromatic N) is 3. The molecule has 3 aromatic heterocycles. The molecular weight excluding hydrogens is 511 g/mol. The van der Waals surface area contributed by atoms with Crippen LogP contribution in [0.4, 0.5) is 36.4 Å². The lowest BCUT2D eigenvalue weighted by atomic mass is 10.0. The number of pyridine rings is 1. The fourth-order valence-electron chi connectivity index (χ4n) is 3.75. The van der Waals surface area contributed by atoms with E-state index in [1.807, 2.05) is 22.9 Å². The first-order valence-electron chi connectivity index (χ1n) is 11.4. The highest BCUT2D eigenvalue weighted by Gasteiger charge is 2.30. The second kappa shape index (κ2) is 10.4. The van der Waals surface area contributed by atoms with Crippen LogP contribution in [0, 0.1) is 0 Å². The molecule has 2 N–H and O–H groups in total. The number of rotatable bonds is 7. The van der Waals surface area contributed by atoms with Crippen molar-refractivity contribution in [1.82, 2.24) is 15.0 Å². The molecular formula is C28H20F3N5OS. The molecule has 0 spiro atoms. The number of nitrogens with one attached hydrogen (secondary N) is 2. The van der Waals surface area contributed by atoms with Crippen LogP contribution in [-0.4, -0.2) is 20.7 Å². The summed E-state index contributed by atoms with van der Waals surface area (Å²) in [5, 5.41) is 10.0. The Hall–Kier alpha value is -4.57. The standard InChI is InChI=1S/C28H20F3N5OS/c1-17(37)18-4-2-5-19(12-18)24-15-33-27(35-25-9-8-20(14-32-25)21-10-11-38-16-21)36-26(24)34-23-7-3-6-22(13-23)28(29,30)31/h2-16H,1H3,(H2,32,33,34,35,36). The third kappa shape index (κ3) is 5.70. The number of carbonyl (C=O) groups is 1. The van der Waals surface area contributed by atoms with Gasteiger partial charge in [-0.05, 0) is 71.3 Å². The second-order valence-corrected chi connectivity index (χ2v) is 9.15. The van der Waals surface area contributed by atoms with Crippen molar-refractivity contribution in [3.8, 4) is 22.3 Å². The smallest absolute Gasteiger partial charge is 0.340 e. The molecule has 3 heterocycles. The van der Waals surface area contributed by atoms with Gasteiger partial charge in [0.25, 0.3) is 0 Å². The van der Waals surface area contributed by atoms with Crippen molar-refractivity contribution in [3.05, 3.63) is 101 Å². The van der Waals surface area contributed by atoms with Crippen molar-refractivity contribution in [3.63, 3.8) is 0 Å². The maximum Gasteiger partial charge on any atom is 0.416 e. The maximum atomic E-state index is 13.3. The molecule has 2 aromatic carbocycles. The van der Waals surface area contributed by atoms with Crippen molar-refractivity contribution >= 4 is 40.4 Å². The van der Waals surface area contributed by atoms with Gasteiger partial charge in [-0.15, -0.1) is 0 Å². The predicted molar refractivity (Wildman–Crippen MR) is 143 cm³/mol. The first-order chi connectivity index (χ1) is 18.3. The van der Waals surface area contributed by atoms with Crippen LogP contribution in [0.1, 0.15) is 22.8 Å². The lowest BCUT2D eigenvalue weighted by Crippen LogP contribution is -2.07. The molecule has 5 rings (SSSR count). The van der Waals surface area contributed by atoms with Gasteiger partial charge in [-0.25, -0.2) is 9.97 Å². The molecule has 38 heavy (non-hydrogen) atoms. The van der Waals surface area contributed by atoms with Gasteiger partial charge in [-0.2, -0.15) is 29.5 Å². The van der Waals surface area contributed by atoms with Gasteiger partial charge in [0.2, 0.25) is 5.95 Å². The van der Waals surface area contributed by atoms with E-state index in [1.165, 1.54) is 19.1 Å². The Morgan fingerprint density at radius 1 is 0.868 bits per heavy atom. The van der Waals surface area contributed by atoms with Crippen molar-refractivity contribution in [1.29, 1.82) is 0 Å². The highest BCUT2D eigenvalue weighted by Crippen LogP contribution is 2.34. The highest BCUT2D eigenvalue weighted by molar-refractivity contribution is 7.08. The number of Topliss-reactive ketones (excluding diaryl/α,β-unsaturated/α-hetero) is 1. The van der Waals surface area contributed by atoms with Crippen molar-refractivity contribution < 1.29 is 18.0 Å². The van der Waals surface area contributed by atoms with E-state index in [0.717, 1.165) is 23.3 Å². The van der Waals surface area contributed by atoms with E-state index >= 15 is 0 Å². The summed E-state index contributed by atoms with van der Waals surface area (Å²) in [6.45, 7) is 1.46. The van der Waals surface area contributed by atoms with Gasteiger partial charge < -0.3 is 10.6 Å². The second-order valence-electron chi connectivity index (χ2n) is 8.37. The van der Waals surface area contributed by atoms with Gasteiger partial charge in [0.05, 0.1) is 5.56 Å². The Bertz CT molecular complexity index is 1590.